The van der Waals surface area contributed by atoms with E-state index in [4.69, 9.17) is 15.0 Å². The highest BCUT2D eigenvalue weighted by molar-refractivity contribution is 9.10. The third-order valence-electron chi connectivity index (χ3n) is 3.52. The van der Waals surface area contributed by atoms with Crippen LogP contribution in [0.2, 0.25) is 0 Å². The lowest BCUT2D eigenvalue weighted by molar-refractivity contribution is 0.364. The van der Waals surface area contributed by atoms with Gasteiger partial charge in [-0.15, -0.1) is 0 Å². The Morgan fingerprint density at radius 2 is 2.30 bits per heavy atom. The number of rotatable bonds is 5. The van der Waals surface area contributed by atoms with Crippen molar-refractivity contribution in [1.82, 2.24) is 10.1 Å². The van der Waals surface area contributed by atoms with Crippen molar-refractivity contribution in [2.45, 2.75) is 25.3 Å². The largest absolute Gasteiger partial charge is 0.496 e. The van der Waals surface area contributed by atoms with Gasteiger partial charge in [-0.05, 0) is 52.9 Å². The lowest BCUT2D eigenvalue weighted by atomic mass is 10.1. The molecule has 2 aromatic rings. The molecule has 3 rings (SSSR count). The van der Waals surface area contributed by atoms with E-state index in [0.29, 0.717) is 24.1 Å². The molecule has 5 nitrogen and oxygen atoms in total. The number of benzene rings is 1. The zero-order valence-electron chi connectivity index (χ0n) is 11.2. The first-order valence-electron chi connectivity index (χ1n) is 6.59. The number of hydrogen-bond donors (Lipinski definition) is 1. The highest BCUT2D eigenvalue weighted by Crippen LogP contribution is 2.33. The molecule has 1 aromatic carbocycles. The molecular formula is C14H16BrN3O2. The molecule has 2 N–H and O–H groups in total. The number of methoxy groups -OCH3 is 1. The maximum Gasteiger partial charge on any atom is 0.228 e. The van der Waals surface area contributed by atoms with Crippen LogP contribution in [0.4, 0.5) is 0 Å². The maximum atomic E-state index is 6.07. The van der Waals surface area contributed by atoms with Gasteiger partial charge in [-0.3, -0.25) is 0 Å². The number of nitrogens with zero attached hydrogens (tertiary/aromatic N) is 2. The number of aromatic nitrogens is 2. The monoisotopic (exact) mass is 337 g/mol. The Kier molecular flexibility index (Phi) is 3.76. The van der Waals surface area contributed by atoms with Crippen LogP contribution in [-0.2, 0) is 6.42 Å². The van der Waals surface area contributed by atoms with Crippen LogP contribution < -0.4 is 10.5 Å². The van der Waals surface area contributed by atoms with E-state index in [0.717, 1.165) is 15.8 Å². The van der Waals surface area contributed by atoms with Crippen molar-refractivity contribution in [2.75, 3.05) is 7.11 Å². The van der Waals surface area contributed by atoms with Gasteiger partial charge in [-0.25, -0.2) is 0 Å². The summed E-state index contributed by atoms with van der Waals surface area (Å²) in [6.45, 7) is 0. The molecule has 1 heterocycles. The second kappa shape index (κ2) is 5.54. The minimum absolute atomic E-state index is 0.130. The fraction of sp³-hybridized carbons (Fsp3) is 0.429. The zero-order valence-corrected chi connectivity index (χ0v) is 12.8. The summed E-state index contributed by atoms with van der Waals surface area (Å²) >= 11 is 3.45. The molecule has 0 radical (unpaired) electrons. The third kappa shape index (κ3) is 2.86. The SMILES string of the molecule is COc1ccc(-c2noc(CC(N)C3CC3)n2)cc1Br. The summed E-state index contributed by atoms with van der Waals surface area (Å²) in [6, 6.07) is 5.81. The summed E-state index contributed by atoms with van der Waals surface area (Å²) in [6.07, 6.45) is 3.08. The van der Waals surface area contributed by atoms with Crippen molar-refractivity contribution in [3.8, 4) is 17.1 Å². The van der Waals surface area contributed by atoms with Crippen molar-refractivity contribution in [3.63, 3.8) is 0 Å². The van der Waals surface area contributed by atoms with E-state index >= 15 is 0 Å². The quantitative estimate of drug-likeness (QED) is 0.907. The van der Waals surface area contributed by atoms with Gasteiger partial charge in [0.25, 0.3) is 0 Å². The molecule has 0 aliphatic heterocycles. The topological polar surface area (TPSA) is 74.2 Å². The molecule has 0 bridgehead atoms. The summed E-state index contributed by atoms with van der Waals surface area (Å²) in [5.41, 5.74) is 6.95. The second-order valence-electron chi connectivity index (χ2n) is 5.07. The van der Waals surface area contributed by atoms with Crippen molar-refractivity contribution in [3.05, 3.63) is 28.6 Å². The Morgan fingerprint density at radius 1 is 1.50 bits per heavy atom. The van der Waals surface area contributed by atoms with Crippen molar-refractivity contribution >= 4 is 15.9 Å². The Bertz CT molecular complexity index is 610. The van der Waals surface area contributed by atoms with Crippen LogP contribution >= 0.6 is 15.9 Å². The van der Waals surface area contributed by atoms with Crippen LogP contribution in [0.1, 0.15) is 18.7 Å². The fourth-order valence-corrected chi connectivity index (χ4v) is 2.69. The Morgan fingerprint density at radius 3 is 2.95 bits per heavy atom. The number of halogens is 1. The van der Waals surface area contributed by atoms with Crippen LogP contribution in [0, 0.1) is 5.92 Å². The molecule has 106 valence electrons. The highest BCUT2D eigenvalue weighted by atomic mass is 79.9. The predicted octanol–water partition coefficient (Wildman–Crippen LogP) is 2.79. The van der Waals surface area contributed by atoms with Gasteiger partial charge < -0.3 is 15.0 Å². The van der Waals surface area contributed by atoms with E-state index in [1.54, 1.807) is 7.11 Å². The molecule has 20 heavy (non-hydrogen) atoms. The Balaban J connectivity index is 1.77. The number of nitrogens with two attached hydrogens (primary N) is 1. The van der Waals surface area contributed by atoms with Gasteiger partial charge in [0.1, 0.15) is 5.75 Å². The minimum Gasteiger partial charge on any atom is -0.496 e. The number of ether oxygens (including phenoxy) is 1. The van der Waals surface area contributed by atoms with Gasteiger partial charge in [0.2, 0.25) is 11.7 Å². The van der Waals surface area contributed by atoms with Gasteiger partial charge in [-0.2, -0.15) is 4.98 Å². The third-order valence-corrected chi connectivity index (χ3v) is 4.14. The van der Waals surface area contributed by atoms with Crippen molar-refractivity contribution in [1.29, 1.82) is 0 Å². The van der Waals surface area contributed by atoms with Gasteiger partial charge >= 0.3 is 0 Å². The molecule has 1 fully saturated rings. The molecule has 6 heteroatoms. The first kappa shape index (κ1) is 13.6. The summed E-state index contributed by atoms with van der Waals surface area (Å²) in [5.74, 6) is 2.58. The molecule has 1 aliphatic carbocycles. The highest BCUT2D eigenvalue weighted by Gasteiger charge is 2.29. The molecule has 1 aliphatic rings. The second-order valence-corrected chi connectivity index (χ2v) is 5.92. The Labute approximate surface area is 125 Å². The van der Waals surface area contributed by atoms with Crippen LogP contribution in [0.25, 0.3) is 11.4 Å². The lowest BCUT2D eigenvalue weighted by Crippen LogP contribution is -2.25. The van der Waals surface area contributed by atoms with E-state index in [1.807, 2.05) is 18.2 Å². The van der Waals surface area contributed by atoms with Crippen molar-refractivity contribution in [2.24, 2.45) is 11.7 Å². The fourth-order valence-electron chi connectivity index (χ4n) is 2.15. The van der Waals surface area contributed by atoms with Gasteiger partial charge in [0.15, 0.2) is 0 Å². The molecular weight excluding hydrogens is 322 g/mol. The summed E-state index contributed by atoms with van der Waals surface area (Å²) < 4.78 is 11.3. The summed E-state index contributed by atoms with van der Waals surface area (Å²) in [4.78, 5) is 4.41. The first-order chi connectivity index (χ1) is 9.67. The van der Waals surface area contributed by atoms with Crippen LogP contribution in [0.5, 0.6) is 5.75 Å². The maximum absolute atomic E-state index is 6.07. The normalized spacial score (nSPS) is 16.1. The van der Waals surface area contributed by atoms with E-state index in [1.165, 1.54) is 12.8 Å². The molecule has 0 amide bonds. The molecule has 1 aromatic heterocycles. The average Bonchev–Trinajstić information content (AvgIpc) is 3.19. The zero-order chi connectivity index (χ0) is 14.1. The van der Waals surface area contributed by atoms with E-state index in [-0.39, 0.29) is 6.04 Å². The minimum atomic E-state index is 0.130. The molecule has 0 saturated heterocycles. The van der Waals surface area contributed by atoms with Crippen LogP contribution in [0.15, 0.2) is 27.2 Å². The lowest BCUT2D eigenvalue weighted by Gasteiger charge is -2.05. The van der Waals surface area contributed by atoms with Crippen LogP contribution in [0.3, 0.4) is 0 Å². The van der Waals surface area contributed by atoms with E-state index in [9.17, 15) is 0 Å². The first-order valence-corrected chi connectivity index (χ1v) is 7.38. The van der Waals surface area contributed by atoms with E-state index < -0.39 is 0 Å². The Hall–Kier alpha value is -1.40. The van der Waals surface area contributed by atoms with E-state index in [2.05, 4.69) is 26.1 Å². The van der Waals surface area contributed by atoms with Gasteiger partial charge in [0.05, 0.1) is 11.6 Å². The summed E-state index contributed by atoms with van der Waals surface area (Å²) in [5, 5.41) is 4.01. The average molecular weight is 338 g/mol. The van der Waals surface area contributed by atoms with Gasteiger partial charge in [-0.1, -0.05) is 5.16 Å². The van der Waals surface area contributed by atoms with Crippen molar-refractivity contribution < 1.29 is 9.26 Å². The van der Waals surface area contributed by atoms with Gasteiger partial charge in [0, 0.05) is 18.0 Å². The van der Waals surface area contributed by atoms with Crippen LogP contribution in [-0.4, -0.2) is 23.3 Å². The molecule has 1 atom stereocenters. The summed E-state index contributed by atoms with van der Waals surface area (Å²) in [7, 11) is 1.63. The predicted molar refractivity (Wildman–Crippen MR) is 78.4 cm³/mol. The smallest absolute Gasteiger partial charge is 0.228 e. The number of hydrogen-bond acceptors (Lipinski definition) is 5. The standard InChI is InChI=1S/C14H16BrN3O2/c1-19-12-5-4-9(6-10(12)15)14-17-13(20-18-14)7-11(16)8-2-3-8/h4-6,8,11H,2-3,7,16H2,1H3. The molecule has 1 saturated carbocycles. The molecule has 0 spiro atoms. The molecule has 1 unspecified atom stereocenters.